The summed E-state index contributed by atoms with van der Waals surface area (Å²) in [6, 6.07) is 0. The van der Waals surface area contributed by atoms with Crippen molar-refractivity contribution in [3.8, 4) is 0 Å². The number of unbranched alkanes of at least 4 members (excludes halogenated alkanes) is 9. The van der Waals surface area contributed by atoms with Crippen LogP contribution in [-0.4, -0.2) is 17.3 Å². The Morgan fingerprint density at radius 2 is 1.50 bits per heavy atom. The highest BCUT2D eigenvalue weighted by Gasteiger charge is 2.54. The molecule has 118 valence electrons. The lowest BCUT2D eigenvalue weighted by Crippen LogP contribution is -2.28. The van der Waals surface area contributed by atoms with Crippen LogP contribution in [0.4, 0.5) is 0 Å². The van der Waals surface area contributed by atoms with E-state index in [2.05, 4.69) is 26.5 Å². The fourth-order valence-corrected chi connectivity index (χ4v) is 3.22. The van der Waals surface area contributed by atoms with Gasteiger partial charge < -0.3 is 4.74 Å². The van der Waals surface area contributed by atoms with Crippen molar-refractivity contribution < 1.29 is 9.53 Å². The number of ether oxygens (including phenoxy) is 1. The number of rotatable bonds is 13. The van der Waals surface area contributed by atoms with E-state index in [0.717, 1.165) is 6.42 Å². The largest absolute Gasteiger partial charge is 0.360 e. The summed E-state index contributed by atoms with van der Waals surface area (Å²) in [5, 5.41) is -0.0860. The van der Waals surface area contributed by atoms with Crippen LogP contribution in [-0.2, 0) is 9.53 Å². The van der Waals surface area contributed by atoms with Crippen molar-refractivity contribution in [3.63, 3.8) is 0 Å². The van der Waals surface area contributed by atoms with Crippen molar-refractivity contribution in [3.05, 3.63) is 0 Å². The van der Waals surface area contributed by atoms with Crippen LogP contribution in [0.1, 0.15) is 84.5 Å². The Morgan fingerprint density at radius 3 is 1.90 bits per heavy atom. The highest BCUT2D eigenvalue weighted by atomic mass is 32.1. The van der Waals surface area contributed by atoms with E-state index in [4.69, 9.17) is 4.74 Å². The molecule has 0 N–H and O–H groups in total. The normalized spacial score (nSPS) is 22.8. The van der Waals surface area contributed by atoms with Crippen LogP contribution in [0.3, 0.4) is 0 Å². The highest BCUT2D eigenvalue weighted by Crippen LogP contribution is 2.39. The van der Waals surface area contributed by atoms with E-state index in [1.807, 2.05) is 0 Å². The van der Waals surface area contributed by atoms with Gasteiger partial charge in [-0.2, -0.15) is 0 Å². The van der Waals surface area contributed by atoms with E-state index in [-0.39, 0.29) is 5.12 Å². The minimum absolute atomic E-state index is 0.0860. The van der Waals surface area contributed by atoms with Gasteiger partial charge in [-0.25, -0.2) is 0 Å². The lowest BCUT2D eigenvalue weighted by molar-refractivity contribution is -0.117. The summed E-state index contributed by atoms with van der Waals surface area (Å²) in [6.45, 7) is 4.96. The molecule has 1 rings (SSSR count). The molecule has 1 heterocycles. The van der Waals surface area contributed by atoms with Gasteiger partial charge >= 0.3 is 0 Å². The summed E-state index contributed by atoms with van der Waals surface area (Å²) in [6.07, 6.45) is 14.6. The number of thiol groups is 1. The van der Waals surface area contributed by atoms with Gasteiger partial charge in [-0.05, 0) is 12.3 Å². The average molecular weight is 301 g/mol. The van der Waals surface area contributed by atoms with Crippen LogP contribution in [0, 0.1) is 5.92 Å². The van der Waals surface area contributed by atoms with Gasteiger partial charge in [0, 0.05) is 0 Å². The molecule has 0 aromatic rings. The van der Waals surface area contributed by atoms with Gasteiger partial charge in [0.15, 0.2) is 5.60 Å². The first-order valence-corrected chi connectivity index (χ1v) is 8.95. The van der Waals surface area contributed by atoms with Gasteiger partial charge in [-0.15, -0.1) is 12.6 Å². The monoisotopic (exact) mass is 300 g/mol. The van der Waals surface area contributed by atoms with Gasteiger partial charge in [-0.3, -0.25) is 4.79 Å². The molecule has 0 aromatic carbocycles. The molecule has 0 amide bonds. The van der Waals surface area contributed by atoms with Crippen LogP contribution in [0.2, 0.25) is 0 Å². The Hall–Kier alpha value is -0.0200. The summed E-state index contributed by atoms with van der Waals surface area (Å²) in [4.78, 5) is 11.4. The molecule has 1 aliphatic heterocycles. The Labute approximate surface area is 130 Å². The van der Waals surface area contributed by atoms with Crippen molar-refractivity contribution in [2.45, 2.75) is 90.1 Å². The van der Waals surface area contributed by atoms with Gasteiger partial charge in [-0.1, -0.05) is 78.1 Å². The molecule has 20 heavy (non-hydrogen) atoms. The minimum Gasteiger partial charge on any atom is -0.360 e. The second-order valence-corrected chi connectivity index (χ2v) is 6.76. The van der Waals surface area contributed by atoms with Crippen molar-refractivity contribution in [2.24, 2.45) is 5.92 Å². The lowest BCUT2D eigenvalue weighted by Gasteiger charge is -2.16. The number of epoxide rings is 1. The molecule has 2 unspecified atom stereocenters. The van der Waals surface area contributed by atoms with Crippen molar-refractivity contribution in [2.75, 3.05) is 6.61 Å². The van der Waals surface area contributed by atoms with E-state index >= 15 is 0 Å². The van der Waals surface area contributed by atoms with Crippen LogP contribution >= 0.6 is 12.6 Å². The van der Waals surface area contributed by atoms with Crippen LogP contribution in [0.5, 0.6) is 0 Å². The zero-order valence-electron chi connectivity index (χ0n) is 13.3. The molecule has 0 aromatic heterocycles. The van der Waals surface area contributed by atoms with Gasteiger partial charge in [0.25, 0.3) is 0 Å². The van der Waals surface area contributed by atoms with Crippen LogP contribution < -0.4 is 0 Å². The summed E-state index contributed by atoms with van der Waals surface area (Å²) in [5.74, 6) is 0.321. The highest BCUT2D eigenvalue weighted by molar-refractivity contribution is 7.96. The van der Waals surface area contributed by atoms with Crippen molar-refractivity contribution in [1.82, 2.24) is 0 Å². The quantitative estimate of drug-likeness (QED) is 0.289. The Bertz CT molecular complexity index is 274. The maximum atomic E-state index is 11.4. The Balaban J connectivity index is 1.89. The second-order valence-electron chi connectivity index (χ2n) is 6.36. The zero-order chi connectivity index (χ0) is 14.8. The topological polar surface area (TPSA) is 29.6 Å². The van der Waals surface area contributed by atoms with Crippen LogP contribution in [0.15, 0.2) is 0 Å². The summed E-state index contributed by atoms with van der Waals surface area (Å²) < 4.78 is 5.34. The Morgan fingerprint density at radius 1 is 1.05 bits per heavy atom. The molecule has 0 bridgehead atoms. The molecule has 0 aliphatic carbocycles. The first-order chi connectivity index (χ1) is 9.63. The maximum absolute atomic E-state index is 11.4. The molecule has 0 radical (unpaired) electrons. The number of hydrogen-bond donors (Lipinski definition) is 1. The minimum atomic E-state index is -0.525. The third kappa shape index (κ3) is 6.17. The predicted octanol–water partition coefficient (Wildman–Crippen LogP) is 5.16. The molecule has 2 atom stereocenters. The molecule has 0 spiro atoms. The summed E-state index contributed by atoms with van der Waals surface area (Å²) >= 11 is 3.94. The average Bonchev–Trinajstić information content (AvgIpc) is 3.22. The number of carbonyl (C=O) groups is 1. The molecule has 1 saturated heterocycles. The van der Waals surface area contributed by atoms with Gasteiger partial charge in [0.1, 0.15) is 0 Å². The molecular formula is C17H32O2S. The smallest absolute Gasteiger partial charge is 0.220 e. The van der Waals surface area contributed by atoms with Crippen molar-refractivity contribution >= 4 is 17.7 Å². The third-order valence-electron chi connectivity index (χ3n) is 4.60. The van der Waals surface area contributed by atoms with E-state index in [1.165, 1.54) is 64.2 Å². The number of hydrogen-bond acceptors (Lipinski definition) is 2. The SMILES string of the molecule is CCCCCCCCCCCCC(C)C1(C(=O)S)CO1. The summed E-state index contributed by atoms with van der Waals surface area (Å²) in [7, 11) is 0. The summed E-state index contributed by atoms with van der Waals surface area (Å²) in [5.41, 5.74) is -0.525. The second kappa shape index (κ2) is 9.83. The van der Waals surface area contributed by atoms with E-state index < -0.39 is 5.60 Å². The van der Waals surface area contributed by atoms with Crippen LogP contribution in [0.25, 0.3) is 0 Å². The Kier molecular flexibility index (Phi) is 8.86. The first kappa shape index (κ1) is 18.0. The number of carbonyl (C=O) groups excluding carboxylic acids is 1. The van der Waals surface area contributed by atoms with E-state index in [9.17, 15) is 4.79 Å². The van der Waals surface area contributed by atoms with Crippen molar-refractivity contribution in [1.29, 1.82) is 0 Å². The fraction of sp³-hybridized carbons (Fsp3) is 0.941. The first-order valence-electron chi connectivity index (χ1n) is 8.51. The van der Waals surface area contributed by atoms with E-state index in [1.54, 1.807) is 0 Å². The molecule has 0 saturated carbocycles. The molecular weight excluding hydrogens is 268 g/mol. The molecule has 1 fully saturated rings. The zero-order valence-corrected chi connectivity index (χ0v) is 14.2. The fourth-order valence-electron chi connectivity index (χ4n) is 2.87. The van der Waals surface area contributed by atoms with Gasteiger partial charge in [0.2, 0.25) is 5.12 Å². The van der Waals surface area contributed by atoms with Gasteiger partial charge in [0.05, 0.1) is 6.61 Å². The predicted molar refractivity (Wildman–Crippen MR) is 88.3 cm³/mol. The molecule has 2 nitrogen and oxygen atoms in total. The molecule has 1 aliphatic rings. The molecule has 3 heteroatoms. The third-order valence-corrected chi connectivity index (χ3v) is 4.98. The lowest BCUT2D eigenvalue weighted by atomic mass is 9.90. The standard InChI is InChI=1S/C17H32O2S/c1-3-4-5-6-7-8-9-10-11-12-13-15(2)17(14-19-17)16(18)20/h15H,3-14H2,1-2H3,(H,18,20). The maximum Gasteiger partial charge on any atom is 0.220 e. The van der Waals surface area contributed by atoms with E-state index in [0.29, 0.717) is 12.5 Å².